The molecule has 1 atom stereocenters. The first-order valence-electron chi connectivity index (χ1n) is 7.42. The normalized spacial score (nSPS) is 17.4. The Bertz CT molecular complexity index is 815. The van der Waals surface area contributed by atoms with Gasteiger partial charge in [-0.2, -0.15) is 5.26 Å². The molecule has 1 aromatic carbocycles. The number of nitrogens with zero attached hydrogens (tertiary/aromatic N) is 3. The number of rotatable bonds is 3. The molecule has 1 heterocycles. The summed E-state index contributed by atoms with van der Waals surface area (Å²) >= 11 is 1.59. The predicted molar refractivity (Wildman–Crippen MR) is 89.9 cm³/mol. The van der Waals surface area contributed by atoms with Crippen LogP contribution in [0.25, 0.3) is 11.6 Å². The number of hydrogen-bond acceptors (Lipinski definition) is 5. The molecule has 1 aliphatic carbocycles. The monoisotopic (exact) mass is 325 g/mol. The average molecular weight is 325 g/mol. The number of thiazole rings is 1. The lowest BCUT2D eigenvalue weighted by atomic mass is 9.93. The van der Waals surface area contributed by atoms with Crippen LogP contribution >= 0.6 is 11.3 Å². The summed E-state index contributed by atoms with van der Waals surface area (Å²) in [5, 5.41) is 20.9. The van der Waals surface area contributed by atoms with Crippen molar-refractivity contribution >= 4 is 28.7 Å². The minimum Gasteiger partial charge on any atom is -0.258 e. The number of hydrogen-bond donors (Lipinski definition) is 0. The minimum absolute atomic E-state index is 0.0411. The van der Waals surface area contributed by atoms with Gasteiger partial charge in [0.25, 0.3) is 5.69 Å². The first kappa shape index (κ1) is 15.4. The number of fused-ring (bicyclic) bond motifs is 1. The number of nitro groups is 1. The molecule has 1 aromatic heterocycles. The van der Waals surface area contributed by atoms with Crippen LogP contribution in [0.3, 0.4) is 0 Å². The molecule has 2 aromatic rings. The van der Waals surface area contributed by atoms with Crippen molar-refractivity contribution in [3.63, 3.8) is 0 Å². The minimum atomic E-state index is -0.436. The van der Waals surface area contributed by atoms with Gasteiger partial charge in [-0.25, -0.2) is 4.98 Å². The Kier molecular flexibility index (Phi) is 4.22. The molecule has 0 saturated heterocycles. The third-order valence-corrected chi connectivity index (χ3v) is 5.11. The second kappa shape index (κ2) is 6.31. The SMILES string of the molecule is C[C@@H]1CCc2nc(/C(C#N)=C/c3ccc([N+](=O)[O-])cc3)sc2C1. The Balaban J connectivity index is 1.90. The highest BCUT2D eigenvalue weighted by molar-refractivity contribution is 7.13. The van der Waals surface area contributed by atoms with Crippen molar-refractivity contribution in [2.75, 3.05) is 0 Å². The zero-order valence-electron chi connectivity index (χ0n) is 12.7. The molecule has 0 bridgehead atoms. The van der Waals surface area contributed by atoms with Gasteiger partial charge in [-0.05, 0) is 49.0 Å². The quantitative estimate of drug-likeness (QED) is 0.480. The number of aromatic nitrogens is 1. The molecule has 0 fully saturated rings. The van der Waals surface area contributed by atoms with Crippen LogP contribution in [-0.4, -0.2) is 9.91 Å². The number of allylic oxidation sites excluding steroid dienone is 1. The fourth-order valence-corrected chi connectivity index (χ4v) is 3.89. The molecule has 23 heavy (non-hydrogen) atoms. The van der Waals surface area contributed by atoms with E-state index in [1.165, 1.54) is 17.0 Å². The number of nitriles is 1. The summed E-state index contributed by atoms with van der Waals surface area (Å²) in [6.45, 7) is 2.24. The lowest BCUT2D eigenvalue weighted by Gasteiger charge is -2.15. The van der Waals surface area contributed by atoms with E-state index >= 15 is 0 Å². The Morgan fingerprint density at radius 3 is 2.87 bits per heavy atom. The van der Waals surface area contributed by atoms with Gasteiger partial charge in [0.05, 0.1) is 16.2 Å². The summed E-state index contributed by atoms with van der Waals surface area (Å²) in [5.74, 6) is 0.667. The van der Waals surface area contributed by atoms with E-state index in [-0.39, 0.29) is 5.69 Å². The largest absolute Gasteiger partial charge is 0.269 e. The second-order valence-electron chi connectivity index (χ2n) is 5.76. The third kappa shape index (κ3) is 3.30. The Morgan fingerprint density at radius 1 is 1.48 bits per heavy atom. The van der Waals surface area contributed by atoms with Gasteiger partial charge in [0.2, 0.25) is 0 Å². The first-order valence-corrected chi connectivity index (χ1v) is 8.23. The molecular weight excluding hydrogens is 310 g/mol. The molecule has 0 radical (unpaired) electrons. The number of non-ortho nitro benzene ring substituents is 1. The van der Waals surface area contributed by atoms with Crippen LogP contribution in [0.1, 0.15) is 34.5 Å². The molecule has 1 aliphatic rings. The highest BCUT2D eigenvalue weighted by Crippen LogP contribution is 2.33. The van der Waals surface area contributed by atoms with Crippen LogP contribution in [0.15, 0.2) is 24.3 Å². The molecule has 116 valence electrons. The van der Waals surface area contributed by atoms with Gasteiger partial charge in [-0.1, -0.05) is 6.92 Å². The van der Waals surface area contributed by atoms with Gasteiger partial charge in [0, 0.05) is 17.0 Å². The van der Waals surface area contributed by atoms with Crippen molar-refractivity contribution in [3.8, 4) is 6.07 Å². The number of nitro benzene ring substituents is 1. The van der Waals surface area contributed by atoms with E-state index in [9.17, 15) is 15.4 Å². The van der Waals surface area contributed by atoms with Gasteiger partial charge < -0.3 is 0 Å². The Labute approximate surface area is 138 Å². The summed E-state index contributed by atoms with van der Waals surface area (Å²) in [5.41, 5.74) is 2.42. The zero-order chi connectivity index (χ0) is 16.4. The van der Waals surface area contributed by atoms with Crippen LogP contribution in [0, 0.1) is 27.4 Å². The van der Waals surface area contributed by atoms with E-state index in [2.05, 4.69) is 18.0 Å². The maximum absolute atomic E-state index is 10.7. The average Bonchev–Trinajstić information content (AvgIpc) is 2.95. The van der Waals surface area contributed by atoms with Crippen molar-refractivity contribution in [2.24, 2.45) is 5.92 Å². The lowest BCUT2D eigenvalue weighted by molar-refractivity contribution is -0.384. The summed E-state index contributed by atoms with van der Waals surface area (Å²) in [4.78, 5) is 16.1. The summed E-state index contributed by atoms with van der Waals surface area (Å²) in [7, 11) is 0. The highest BCUT2D eigenvalue weighted by Gasteiger charge is 2.21. The summed E-state index contributed by atoms with van der Waals surface area (Å²) in [6.07, 6.45) is 4.88. The molecule has 3 rings (SSSR count). The van der Waals surface area contributed by atoms with Gasteiger partial charge in [0.1, 0.15) is 11.1 Å². The molecule has 0 saturated carbocycles. The van der Waals surface area contributed by atoms with Crippen molar-refractivity contribution in [3.05, 3.63) is 55.5 Å². The maximum atomic E-state index is 10.7. The van der Waals surface area contributed by atoms with E-state index < -0.39 is 4.92 Å². The fraction of sp³-hybridized carbons (Fsp3) is 0.294. The molecule has 0 aliphatic heterocycles. The van der Waals surface area contributed by atoms with E-state index in [1.807, 2.05) is 0 Å². The predicted octanol–water partition coefficient (Wildman–Crippen LogP) is 4.24. The zero-order valence-corrected chi connectivity index (χ0v) is 13.5. The molecule has 5 nitrogen and oxygen atoms in total. The molecule has 0 N–H and O–H groups in total. The molecule has 0 amide bonds. The van der Waals surface area contributed by atoms with Crippen LogP contribution in [-0.2, 0) is 12.8 Å². The van der Waals surface area contributed by atoms with E-state index in [1.54, 1.807) is 29.5 Å². The van der Waals surface area contributed by atoms with Crippen LogP contribution < -0.4 is 0 Å². The van der Waals surface area contributed by atoms with E-state index in [4.69, 9.17) is 0 Å². The number of aryl methyl sites for hydroxylation is 1. The van der Waals surface area contributed by atoms with Crippen molar-refractivity contribution in [2.45, 2.75) is 26.2 Å². The molecular formula is C17H15N3O2S. The topological polar surface area (TPSA) is 79.8 Å². The van der Waals surface area contributed by atoms with Gasteiger partial charge in [-0.3, -0.25) is 10.1 Å². The van der Waals surface area contributed by atoms with Crippen LogP contribution in [0.4, 0.5) is 5.69 Å². The Morgan fingerprint density at radius 2 is 2.22 bits per heavy atom. The van der Waals surface area contributed by atoms with Crippen molar-refractivity contribution < 1.29 is 4.92 Å². The number of benzene rings is 1. The van der Waals surface area contributed by atoms with E-state index in [0.717, 1.165) is 35.5 Å². The third-order valence-electron chi connectivity index (χ3n) is 3.95. The smallest absolute Gasteiger partial charge is 0.258 e. The maximum Gasteiger partial charge on any atom is 0.269 e. The summed E-state index contributed by atoms with van der Waals surface area (Å²) < 4.78 is 0. The van der Waals surface area contributed by atoms with Gasteiger partial charge in [-0.15, -0.1) is 11.3 Å². The van der Waals surface area contributed by atoms with Crippen molar-refractivity contribution in [1.29, 1.82) is 5.26 Å². The second-order valence-corrected chi connectivity index (χ2v) is 6.84. The van der Waals surface area contributed by atoms with Gasteiger partial charge >= 0.3 is 0 Å². The Hall–Kier alpha value is -2.52. The molecule has 0 unspecified atom stereocenters. The standard InChI is InChI=1S/C17H15N3O2S/c1-11-2-7-15-16(8-11)23-17(19-15)13(10-18)9-12-3-5-14(6-4-12)20(21)22/h3-6,9,11H,2,7-8H2,1H3/b13-9+/t11-/m1/s1. The van der Waals surface area contributed by atoms with Crippen LogP contribution in [0.2, 0.25) is 0 Å². The van der Waals surface area contributed by atoms with Crippen molar-refractivity contribution in [1.82, 2.24) is 4.98 Å². The molecule has 0 spiro atoms. The molecule has 6 heteroatoms. The van der Waals surface area contributed by atoms with E-state index in [0.29, 0.717) is 11.5 Å². The summed E-state index contributed by atoms with van der Waals surface area (Å²) in [6, 6.07) is 8.37. The first-order chi connectivity index (χ1) is 11.1. The van der Waals surface area contributed by atoms with Crippen LogP contribution in [0.5, 0.6) is 0 Å². The lowest BCUT2D eigenvalue weighted by Crippen LogP contribution is -2.09. The van der Waals surface area contributed by atoms with Gasteiger partial charge in [0.15, 0.2) is 0 Å². The highest BCUT2D eigenvalue weighted by atomic mass is 32.1. The fourth-order valence-electron chi connectivity index (χ4n) is 2.66.